The number of nitrogen functional groups attached to an aromatic ring is 1. The van der Waals surface area contributed by atoms with Crippen molar-refractivity contribution in [2.75, 3.05) is 5.73 Å². The molecule has 0 spiro atoms. The van der Waals surface area contributed by atoms with Crippen molar-refractivity contribution in [1.82, 2.24) is 0 Å². The van der Waals surface area contributed by atoms with Gasteiger partial charge in [0.15, 0.2) is 0 Å². The van der Waals surface area contributed by atoms with Gasteiger partial charge in [0.2, 0.25) is 5.78 Å². The second kappa shape index (κ2) is 4.78. The first kappa shape index (κ1) is 13.2. The molecule has 0 radical (unpaired) electrons. The highest BCUT2D eigenvalue weighted by atomic mass is 79.9. The lowest BCUT2D eigenvalue weighted by Gasteiger charge is -2.03. The molecule has 0 amide bonds. The average molecular weight is 332 g/mol. The summed E-state index contributed by atoms with van der Waals surface area (Å²) in [6, 6.07) is 3.30. The molecule has 1 heterocycles. The SMILES string of the molecule is Cc1cc(C(=O)c2cc(N)c(F)cc2F)sc1Br. The number of halogens is 3. The molecule has 0 saturated carbocycles. The molecule has 1 aromatic heterocycles. The Balaban J connectivity index is 2.49. The Labute approximate surface area is 115 Å². The predicted octanol–water partition coefficient (Wildman–Crippen LogP) is 3.91. The third-order valence-electron chi connectivity index (χ3n) is 2.41. The summed E-state index contributed by atoms with van der Waals surface area (Å²) in [5.41, 5.74) is 5.77. The lowest BCUT2D eigenvalue weighted by Crippen LogP contribution is -2.05. The summed E-state index contributed by atoms with van der Waals surface area (Å²) in [4.78, 5) is 12.4. The van der Waals surface area contributed by atoms with Crippen molar-refractivity contribution in [2.45, 2.75) is 6.92 Å². The number of carbonyl (C=O) groups excluding carboxylic acids is 1. The maximum Gasteiger partial charge on any atom is 0.206 e. The number of nitrogens with two attached hydrogens (primary N) is 1. The van der Waals surface area contributed by atoms with Gasteiger partial charge in [-0.25, -0.2) is 8.78 Å². The quantitative estimate of drug-likeness (QED) is 0.669. The summed E-state index contributed by atoms with van der Waals surface area (Å²) in [6.45, 7) is 1.83. The summed E-state index contributed by atoms with van der Waals surface area (Å²) >= 11 is 4.49. The van der Waals surface area contributed by atoms with Crippen LogP contribution in [0.25, 0.3) is 0 Å². The highest BCUT2D eigenvalue weighted by Gasteiger charge is 2.19. The number of ketones is 1. The van der Waals surface area contributed by atoms with Gasteiger partial charge in [0.1, 0.15) is 11.6 Å². The van der Waals surface area contributed by atoms with E-state index in [0.29, 0.717) is 10.9 Å². The summed E-state index contributed by atoms with van der Waals surface area (Å²) in [5.74, 6) is -2.28. The van der Waals surface area contributed by atoms with Crippen molar-refractivity contribution in [3.05, 3.63) is 49.6 Å². The molecular weight excluding hydrogens is 324 g/mol. The zero-order valence-corrected chi connectivity index (χ0v) is 11.7. The van der Waals surface area contributed by atoms with Gasteiger partial charge in [0.25, 0.3) is 0 Å². The molecule has 0 atom stereocenters. The van der Waals surface area contributed by atoms with Crippen LogP contribution in [0, 0.1) is 18.6 Å². The molecule has 18 heavy (non-hydrogen) atoms. The zero-order valence-electron chi connectivity index (χ0n) is 9.26. The van der Waals surface area contributed by atoms with Crippen molar-refractivity contribution >= 4 is 38.7 Å². The largest absolute Gasteiger partial charge is 0.396 e. The molecule has 6 heteroatoms. The Kier molecular flexibility index (Phi) is 3.49. The maximum absolute atomic E-state index is 13.6. The number of anilines is 1. The average Bonchev–Trinajstić information content (AvgIpc) is 2.63. The second-order valence-electron chi connectivity index (χ2n) is 3.75. The Hall–Kier alpha value is -1.27. The summed E-state index contributed by atoms with van der Waals surface area (Å²) in [6.07, 6.45) is 0. The molecule has 2 N–H and O–H groups in total. The topological polar surface area (TPSA) is 43.1 Å². The van der Waals surface area contributed by atoms with Gasteiger partial charge < -0.3 is 5.73 Å². The van der Waals surface area contributed by atoms with E-state index in [-0.39, 0.29) is 11.3 Å². The third-order valence-corrected chi connectivity index (χ3v) is 4.55. The molecule has 0 unspecified atom stereocenters. The van der Waals surface area contributed by atoms with Crippen molar-refractivity contribution < 1.29 is 13.6 Å². The molecule has 0 aliphatic carbocycles. The zero-order chi connectivity index (χ0) is 13.4. The molecule has 2 rings (SSSR count). The van der Waals surface area contributed by atoms with Gasteiger partial charge >= 0.3 is 0 Å². The van der Waals surface area contributed by atoms with E-state index in [1.807, 2.05) is 6.92 Å². The molecule has 0 bridgehead atoms. The van der Waals surface area contributed by atoms with Gasteiger partial charge in [0.05, 0.1) is 19.9 Å². The minimum atomic E-state index is -0.908. The molecule has 1 aromatic carbocycles. The van der Waals surface area contributed by atoms with E-state index in [0.717, 1.165) is 15.4 Å². The van der Waals surface area contributed by atoms with Crippen molar-refractivity contribution in [3.8, 4) is 0 Å². The van der Waals surface area contributed by atoms with Crippen LogP contribution in [-0.4, -0.2) is 5.78 Å². The Bertz CT molecular complexity index is 620. The van der Waals surface area contributed by atoms with Crippen LogP contribution < -0.4 is 5.73 Å². The van der Waals surface area contributed by atoms with E-state index in [2.05, 4.69) is 15.9 Å². The first-order chi connectivity index (χ1) is 8.40. The smallest absolute Gasteiger partial charge is 0.206 e. The number of benzene rings is 1. The second-order valence-corrected chi connectivity index (χ2v) is 6.12. The maximum atomic E-state index is 13.6. The van der Waals surface area contributed by atoms with Crippen LogP contribution in [-0.2, 0) is 0 Å². The van der Waals surface area contributed by atoms with Gasteiger partial charge in [-0.15, -0.1) is 11.3 Å². The molecule has 2 aromatic rings. The van der Waals surface area contributed by atoms with Crippen LogP contribution in [0.3, 0.4) is 0 Å². The molecular formula is C12H8BrF2NOS. The standard InChI is InChI=1S/C12H8BrF2NOS/c1-5-2-10(18-12(5)13)11(17)6-3-9(16)8(15)4-7(6)14/h2-4H,16H2,1H3. The lowest BCUT2D eigenvalue weighted by molar-refractivity contribution is 0.103. The Morgan fingerprint density at radius 2 is 1.94 bits per heavy atom. The molecule has 94 valence electrons. The van der Waals surface area contributed by atoms with Crippen LogP contribution in [0.1, 0.15) is 20.8 Å². The van der Waals surface area contributed by atoms with Crippen LogP contribution in [0.4, 0.5) is 14.5 Å². The Morgan fingerprint density at radius 3 is 2.50 bits per heavy atom. The number of thiophene rings is 1. The van der Waals surface area contributed by atoms with Crippen molar-refractivity contribution in [3.63, 3.8) is 0 Å². The molecule has 0 aliphatic rings. The van der Waals surface area contributed by atoms with Crippen LogP contribution >= 0.6 is 27.3 Å². The summed E-state index contributed by atoms with van der Waals surface area (Å²) in [7, 11) is 0. The molecule has 2 nitrogen and oxygen atoms in total. The van der Waals surface area contributed by atoms with E-state index in [4.69, 9.17) is 5.73 Å². The predicted molar refractivity (Wildman–Crippen MR) is 71.0 cm³/mol. The molecule has 0 aliphatic heterocycles. The normalized spacial score (nSPS) is 10.7. The lowest BCUT2D eigenvalue weighted by atomic mass is 10.1. The van der Waals surface area contributed by atoms with E-state index in [9.17, 15) is 13.6 Å². The van der Waals surface area contributed by atoms with E-state index in [1.54, 1.807) is 6.07 Å². The van der Waals surface area contributed by atoms with Crippen LogP contribution in [0.15, 0.2) is 22.0 Å². The first-order valence-corrected chi connectivity index (χ1v) is 6.56. The van der Waals surface area contributed by atoms with Crippen LogP contribution in [0.5, 0.6) is 0 Å². The summed E-state index contributed by atoms with van der Waals surface area (Å²) in [5, 5.41) is 0. The van der Waals surface area contributed by atoms with Gasteiger partial charge in [0, 0.05) is 6.07 Å². The van der Waals surface area contributed by atoms with Crippen molar-refractivity contribution in [2.24, 2.45) is 0 Å². The molecule has 0 fully saturated rings. The van der Waals surface area contributed by atoms with Crippen molar-refractivity contribution in [1.29, 1.82) is 0 Å². The fraction of sp³-hybridized carbons (Fsp3) is 0.0833. The molecule has 0 saturated heterocycles. The van der Waals surface area contributed by atoms with E-state index in [1.165, 1.54) is 11.3 Å². The van der Waals surface area contributed by atoms with Gasteiger partial charge in [-0.05, 0) is 40.5 Å². The number of hydrogen-bond acceptors (Lipinski definition) is 3. The fourth-order valence-electron chi connectivity index (χ4n) is 1.44. The van der Waals surface area contributed by atoms with E-state index >= 15 is 0 Å². The third kappa shape index (κ3) is 2.30. The highest BCUT2D eigenvalue weighted by molar-refractivity contribution is 9.11. The summed E-state index contributed by atoms with van der Waals surface area (Å²) < 4.78 is 27.4. The minimum Gasteiger partial charge on any atom is -0.396 e. The van der Waals surface area contributed by atoms with Gasteiger partial charge in [-0.3, -0.25) is 4.79 Å². The van der Waals surface area contributed by atoms with Gasteiger partial charge in [-0.1, -0.05) is 0 Å². The van der Waals surface area contributed by atoms with Crippen LogP contribution in [0.2, 0.25) is 0 Å². The monoisotopic (exact) mass is 331 g/mol. The fourth-order valence-corrected chi connectivity index (χ4v) is 2.93. The number of hydrogen-bond donors (Lipinski definition) is 1. The van der Waals surface area contributed by atoms with Gasteiger partial charge in [-0.2, -0.15) is 0 Å². The Morgan fingerprint density at radius 1 is 1.28 bits per heavy atom. The number of carbonyl (C=O) groups is 1. The van der Waals surface area contributed by atoms with E-state index < -0.39 is 17.4 Å². The minimum absolute atomic E-state index is 0.220. The first-order valence-electron chi connectivity index (χ1n) is 4.95. The number of aryl methyl sites for hydroxylation is 1. The highest BCUT2D eigenvalue weighted by Crippen LogP contribution is 2.30. The number of rotatable bonds is 2.